The van der Waals surface area contributed by atoms with Crippen molar-refractivity contribution < 1.29 is 27.8 Å². The molecule has 0 N–H and O–H groups in total. The van der Waals surface area contributed by atoms with Gasteiger partial charge in [-0.2, -0.15) is 8.78 Å². The molecule has 2 atom stereocenters. The number of piperazine rings is 1. The summed E-state index contributed by atoms with van der Waals surface area (Å²) in [5.74, 6) is -3.19. The maximum atomic E-state index is 14.8. The van der Waals surface area contributed by atoms with Gasteiger partial charge in [0.15, 0.2) is 0 Å². The fourth-order valence-electron chi connectivity index (χ4n) is 6.01. The van der Waals surface area contributed by atoms with E-state index < -0.39 is 16.9 Å². The molecule has 0 saturated carbocycles. The lowest BCUT2D eigenvalue weighted by atomic mass is 9.88. The van der Waals surface area contributed by atoms with Gasteiger partial charge in [-0.3, -0.25) is 19.6 Å². The van der Waals surface area contributed by atoms with Crippen molar-refractivity contribution in [1.82, 2.24) is 19.7 Å². The molecule has 0 spiro atoms. The molecular weight excluding hydrogens is 532 g/mol. The predicted molar refractivity (Wildman–Crippen MR) is 153 cm³/mol. The highest BCUT2D eigenvalue weighted by molar-refractivity contribution is 5.97. The first kappa shape index (κ1) is 31.6. The van der Waals surface area contributed by atoms with Crippen molar-refractivity contribution in [3.63, 3.8) is 0 Å². The van der Waals surface area contributed by atoms with Crippen LogP contribution in [0.1, 0.15) is 72.6 Å². The number of nitrogens with zero attached hydrogens (tertiary/aromatic N) is 5. The van der Waals surface area contributed by atoms with E-state index in [1.807, 2.05) is 41.5 Å². The molecule has 3 aliphatic rings. The number of alkyl halides is 2. The van der Waals surface area contributed by atoms with E-state index in [-0.39, 0.29) is 42.7 Å². The summed E-state index contributed by atoms with van der Waals surface area (Å²) in [7, 11) is 0. The zero-order chi connectivity index (χ0) is 30.2. The van der Waals surface area contributed by atoms with Crippen LogP contribution >= 0.6 is 0 Å². The number of anilines is 1. The first-order valence-electron chi connectivity index (χ1n) is 14.8. The van der Waals surface area contributed by atoms with Crippen molar-refractivity contribution in [2.45, 2.75) is 90.3 Å². The second-order valence-corrected chi connectivity index (χ2v) is 13.4. The summed E-state index contributed by atoms with van der Waals surface area (Å²) >= 11 is 0. The molecule has 1 aromatic heterocycles. The molecule has 2 amide bonds. The molecule has 230 valence electrons. The second-order valence-electron chi connectivity index (χ2n) is 13.4. The maximum absolute atomic E-state index is 14.8. The summed E-state index contributed by atoms with van der Waals surface area (Å²) < 4.78 is 40.8. The third kappa shape index (κ3) is 7.35. The molecule has 0 aliphatic carbocycles. The Morgan fingerprint density at radius 2 is 1.85 bits per heavy atom. The van der Waals surface area contributed by atoms with E-state index in [9.17, 15) is 18.4 Å². The predicted octanol–water partition coefficient (Wildman–Crippen LogP) is 4.24. The van der Waals surface area contributed by atoms with Gasteiger partial charge in [-0.1, -0.05) is 27.2 Å². The molecule has 2 saturated heterocycles. The molecule has 11 heteroatoms. The lowest BCUT2D eigenvalue weighted by molar-refractivity contribution is -0.121. The minimum Gasteiger partial charge on any atom is -0.444 e. The van der Waals surface area contributed by atoms with Crippen molar-refractivity contribution in [3.8, 4) is 0 Å². The van der Waals surface area contributed by atoms with E-state index in [0.29, 0.717) is 51.5 Å². The topological polar surface area (TPSA) is 78.5 Å². The van der Waals surface area contributed by atoms with E-state index >= 15 is 0 Å². The van der Waals surface area contributed by atoms with Crippen LogP contribution in [-0.4, -0.2) is 108 Å². The van der Waals surface area contributed by atoms with Crippen LogP contribution in [0, 0.1) is 0 Å². The average Bonchev–Trinajstić information content (AvgIpc) is 3.15. The summed E-state index contributed by atoms with van der Waals surface area (Å²) in [6.07, 6.45) is 1.20. The third-order valence-corrected chi connectivity index (χ3v) is 8.19. The number of morpholine rings is 1. The minimum absolute atomic E-state index is 0.0993. The van der Waals surface area contributed by atoms with Gasteiger partial charge in [-0.05, 0) is 33.8 Å². The molecule has 41 heavy (non-hydrogen) atoms. The summed E-state index contributed by atoms with van der Waals surface area (Å²) in [5.41, 5.74) is 0.00689. The number of hydrogen-bond acceptors (Lipinski definition) is 7. The van der Waals surface area contributed by atoms with Crippen molar-refractivity contribution in [1.29, 1.82) is 0 Å². The van der Waals surface area contributed by atoms with Gasteiger partial charge in [0.2, 0.25) is 5.91 Å². The number of amides is 2. The van der Waals surface area contributed by atoms with Gasteiger partial charge in [-0.15, -0.1) is 0 Å². The van der Waals surface area contributed by atoms with Gasteiger partial charge >= 0.3 is 6.09 Å². The van der Waals surface area contributed by atoms with Gasteiger partial charge in [0.25, 0.3) is 5.92 Å². The summed E-state index contributed by atoms with van der Waals surface area (Å²) in [4.78, 5) is 39.0. The number of carbonyl (C=O) groups excluding carboxylic acids is 2. The van der Waals surface area contributed by atoms with Gasteiger partial charge in [0.05, 0.1) is 25.4 Å². The molecular formula is C30H47F2N5O4. The highest BCUT2D eigenvalue weighted by atomic mass is 19.3. The normalized spacial score (nSPS) is 23.9. The Balaban J connectivity index is 1.56. The second kappa shape index (κ2) is 12.1. The van der Waals surface area contributed by atoms with Gasteiger partial charge < -0.3 is 19.3 Å². The fraction of sp³-hybridized carbons (Fsp3) is 0.767. The third-order valence-electron chi connectivity index (χ3n) is 8.19. The number of rotatable bonds is 7. The zero-order valence-electron chi connectivity index (χ0n) is 25.7. The van der Waals surface area contributed by atoms with E-state index in [4.69, 9.17) is 9.47 Å². The minimum atomic E-state index is -3.05. The van der Waals surface area contributed by atoms with Crippen LogP contribution in [0.5, 0.6) is 0 Å². The van der Waals surface area contributed by atoms with Gasteiger partial charge in [-0.25, -0.2) is 4.79 Å². The van der Waals surface area contributed by atoms with Gasteiger partial charge in [0.1, 0.15) is 11.3 Å². The van der Waals surface area contributed by atoms with Crippen LogP contribution < -0.4 is 4.90 Å². The van der Waals surface area contributed by atoms with Crippen LogP contribution in [0.15, 0.2) is 12.3 Å². The number of carbonyl (C=O) groups is 2. The smallest absolute Gasteiger partial charge is 0.410 e. The molecule has 0 unspecified atom stereocenters. The van der Waals surface area contributed by atoms with Crippen molar-refractivity contribution >= 4 is 17.7 Å². The van der Waals surface area contributed by atoms with E-state index in [0.717, 1.165) is 18.7 Å². The average molecular weight is 580 g/mol. The van der Waals surface area contributed by atoms with Crippen LogP contribution in [0.25, 0.3) is 0 Å². The molecule has 4 rings (SSSR count). The molecule has 2 fully saturated rings. The van der Waals surface area contributed by atoms with E-state index in [1.54, 1.807) is 16.7 Å². The van der Waals surface area contributed by atoms with E-state index in [2.05, 4.69) is 14.8 Å². The number of ether oxygens (including phenoxy) is 2. The Hall–Kier alpha value is -2.37. The lowest BCUT2D eigenvalue weighted by Gasteiger charge is -2.47. The molecule has 0 aromatic carbocycles. The lowest BCUT2D eigenvalue weighted by Crippen LogP contribution is -2.63. The highest BCUT2D eigenvalue weighted by Gasteiger charge is 2.43. The summed E-state index contributed by atoms with van der Waals surface area (Å²) in [6.45, 7) is 18.3. The number of aromatic nitrogens is 1. The number of halogens is 2. The molecule has 3 aliphatic heterocycles. The molecule has 4 heterocycles. The first-order chi connectivity index (χ1) is 19.1. The van der Waals surface area contributed by atoms with E-state index in [1.165, 1.54) is 12.3 Å². The van der Waals surface area contributed by atoms with Crippen LogP contribution in [-0.2, 0) is 25.6 Å². The number of hydrogen-bond donors (Lipinski definition) is 0. The number of fused-ring (bicyclic) bond motifs is 1. The monoisotopic (exact) mass is 579 g/mol. The molecule has 0 bridgehead atoms. The molecule has 1 aromatic rings. The van der Waals surface area contributed by atoms with Crippen molar-refractivity contribution in [3.05, 3.63) is 23.5 Å². The van der Waals surface area contributed by atoms with Crippen molar-refractivity contribution in [2.75, 3.05) is 63.9 Å². The Morgan fingerprint density at radius 1 is 1.17 bits per heavy atom. The molecule has 9 nitrogen and oxygen atoms in total. The highest BCUT2D eigenvalue weighted by Crippen LogP contribution is 2.43. The Morgan fingerprint density at radius 3 is 2.49 bits per heavy atom. The Kier molecular flexibility index (Phi) is 9.31. The summed E-state index contributed by atoms with van der Waals surface area (Å²) in [6, 6.07) is 1.15. The maximum Gasteiger partial charge on any atom is 0.410 e. The largest absolute Gasteiger partial charge is 0.444 e. The summed E-state index contributed by atoms with van der Waals surface area (Å²) in [5, 5.41) is 0. The van der Waals surface area contributed by atoms with Crippen LogP contribution in [0.2, 0.25) is 0 Å². The van der Waals surface area contributed by atoms with Crippen molar-refractivity contribution in [2.24, 2.45) is 0 Å². The first-order valence-corrected chi connectivity index (χ1v) is 14.8. The SMILES string of the molecule is CCCC(F)(F)c1cc2c(cn1)C(C)(C)CN2C(=O)CN1C[C@@H](C)N(C(=O)OC(C)(C)C)C[C@@H]1CN1CCOCC1. The molecule has 0 radical (unpaired) electrons. The Labute approximate surface area is 243 Å². The van der Waals surface area contributed by atoms with Crippen LogP contribution in [0.4, 0.5) is 19.3 Å². The Bertz CT molecular complexity index is 1100. The van der Waals surface area contributed by atoms with Crippen LogP contribution in [0.3, 0.4) is 0 Å². The number of pyridine rings is 1. The fourth-order valence-corrected chi connectivity index (χ4v) is 6.01. The zero-order valence-corrected chi connectivity index (χ0v) is 25.7. The quantitative estimate of drug-likeness (QED) is 0.478. The van der Waals surface area contributed by atoms with Gasteiger partial charge in [0, 0.05) is 74.9 Å². The standard InChI is InChI=1S/C30H47F2N5O4/c1-8-9-30(31,32)25-14-24-23(15-33-25)29(6,7)20-37(24)26(38)19-35-16-21(2)36(27(39)41-28(3,4)5)18-22(35)17-34-10-12-40-13-11-34/h14-15,21-22H,8-13,16-20H2,1-7H3/t21-,22+/m1/s1.